The van der Waals surface area contributed by atoms with Crippen molar-refractivity contribution in [3.05, 3.63) is 59.7 Å². The van der Waals surface area contributed by atoms with Gasteiger partial charge in [-0.2, -0.15) is 0 Å². The standard InChI is InChI=1S/C19H20N2O2S/c1-13-8-10-14(11-9-13)12-20-17(22)19(2)18(23)21(3)15-6-4-5-7-16(15)24-19/h4-11H,12H2,1-3H3,(H,20,22). The molecule has 0 aromatic heterocycles. The maximum atomic E-state index is 12.8. The number of carbonyl (C=O) groups excluding carboxylic acids is 2. The summed E-state index contributed by atoms with van der Waals surface area (Å²) < 4.78 is -1.16. The van der Waals surface area contributed by atoms with Crippen LogP contribution in [0.3, 0.4) is 0 Å². The Labute approximate surface area is 146 Å². The third-order valence-corrected chi connectivity index (χ3v) is 5.59. The van der Waals surface area contributed by atoms with E-state index in [1.807, 2.05) is 55.5 Å². The summed E-state index contributed by atoms with van der Waals surface area (Å²) in [5.41, 5.74) is 3.03. The first-order valence-corrected chi connectivity index (χ1v) is 8.63. The Morgan fingerprint density at radius 2 is 1.83 bits per heavy atom. The fourth-order valence-corrected chi connectivity index (χ4v) is 4.00. The molecule has 1 heterocycles. The van der Waals surface area contributed by atoms with E-state index in [2.05, 4.69) is 5.32 Å². The lowest BCUT2D eigenvalue weighted by molar-refractivity contribution is -0.131. The van der Waals surface area contributed by atoms with Crippen LogP contribution in [0.25, 0.3) is 0 Å². The van der Waals surface area contributed by atoms with Gasteiger partial charge in [-0.15, -0.1) is 0 Å². The van der Waals surface area contributed by atoms with E-state index in [1.54, 1.807) is 18.9 Å². The first-order chi connectivity index (χ1) is 11.4. The molecular formula is C19H20N2O2S. The summed E-state index contributed by atoms with van der Waals surface area (Å²) in [7, 11) is 1.71. The number of carbonyl (C=O) groups is 2. The van der Waals surface area contributed by atoms with Gasteiger partial charge >= 0.3 is 0 Å². The van der Waals surface area contributed by atoms with Crippen molar-refractivity contribution < 1.29 is 9.59 Å². The number of hydrogen-bond donors (Lipinski definition) is 1. The lowest BCUT2D eigenvalue weighted by Crippen LogP contribution is -2.55. The molecule has 0 aliphatic carbocycles. The quantitative estimate of drug-likeness (QED) is 0.873. The van der Waals surface area contributed by atoms with Gasteiger partial charge in [-0.3, -0.25) is 9.59 Å². The number of hydrogen-bond acceptors (Lipinski definition) is 3. The zero-order chi connectivity index (χ0) is 17.3. The van der Waals surface area contributed by atoms with Crippen molar-refractivity contribution in [1.29, 1.82) is 0 Å². The third-order valence-electron chi connectivity index (χ3n) is 4.26. The average molecular weight is 340 g/mol. The number of rotatable bonds is 3. The van der Waals surface area contributed by atoms with Gasteiger partial charge in [0.05, 0.1) is 5.69 Å². The first kappa shape index (κ1) is 16.6. The number of nitrogens with zero attached hydrogens (tertiary/aromatic N) is 1. The van der Waals surface area contributed by atoms with E-state index in [0.717, 1.165) is 16.1 Å². The van der Waals surface area contributed by atoms with Crippen LogP contribution in [-0.2, 0) is 16.1 Å². The summed E-state index contributed by atoms with van der Waals surface area (Å²) in [6.45, 7) is 4.12. The Hall–Kier alpha value is -2.27. The highest BCUT2D eigenvalue weighted by Gasteiger charge is 2.48. The molecule has 2 aromatic rings. The molecule has 0 bridgehead atoms. The van der Waals surface area contributed by atoms with Crippen LogP contribution in [0.1, 0.15) is 18.1 Å². The van der Waals surface area contributed by atoms with E-state index < -0.39 is 4.75 Å². The fourth-order valence-electron chi connectivity index (χ4n) is 2.71. The van der Waals surface area contributed by atoms with Crippen molar-refractivity contribution in [3.8, 4) is 0 Å². The maximum absolute atomic E-state index is 12.8. The van der Waals surface area contributed by atoms with Gasteiger partial charge in [0.1, 0.15) is 0 Å². The van der Waals surface area contributed by atoms with Gasteiger partial charge in [0, 0.05) is 18.5 Å². The van der Waals surface area contributed by atoms with Gasteiger partial charge in [0.25, 0.3) is 5.91 Å². The molecule has 1 unspecified atom stereocenters. The Kier molecular flexibility index (Phi) is 4.37. The largest absolute Gasteiger partial charge is 0.350 e. The molecule has 124 valence electrons. The molecule has 1 aliphatic rings. The van der Waals surface area contributed by atoms with Gasteiger partial charge in [-0.1, -0.05) is 53.7 Å². The summed E-state index contributed by atoms with van der Waals surface area (Å²) in [5.74, 6) is -0.466. The minimum atomic E-state index is -1.16. The van der Waals surface area contributed by atoms with E-state index in [9.17, 15) is 9.59 Å². The Morgan fingerprint density at radius 1 is 1.17 bits per heavy atom. The van der Waals surface area contributed by atoms with Gasteiger partial charge in [0.2, 0.25) is 5.91 Å². The molecule has 1 N–H and O–H groups in total. The second-order valence-electron chi connectivity index (χ2n) is 6.14. The summed E-state index contributed by atoms with van der Waals surface area (Å²) in [4.78, 5) is 28.0. The van der Waals surface area contributed by atoms with Crippen molar-refractivity contribution in [2.24, 2.45) is 0 Å². The predicted molar refractivity (Wildman–Crippen MR) is 97.1 cm³/mol. The molecule has 24 heavy (non-hydrogen) atoms. The molecule has 2 amide bonds. The van der Waals surface area contributed by atoms with Crippen molar-refractivity contribution in [2.45, 2.75) is 30.0 Å². The Balaban J connectivity index is 1.78. The molecule has 0 spiro atoms. The van der Waals surface area contributed by atoms with Crippen LogP contribution >= 0.6 is 11.8 Å². The molecule has 0 radical (unpaired) electrons. The minimum absolute atomic E-state index is 0.201. The van der Waals surface area contributed by atoms with E-state index in [4.69, 9.17) is 0 Å². The lowest BCUT2D eigenvalue weighted by Gasteiger charge is -2.36. The van der Waals surface area contributed by atoms with E-state index in [-0.39, 0.29) is 11.8 Å². The first-order valence-electron chi connectivity index (χ1n) is 7.82. The molecule has 0 saturated carbocycles. The second-order valence-corrected chi connectivity index (χ2v) is 7.60. The predicted octanol–water partition coefficient (Wildman–Crippen LogP) is 3.14. The monoisotopic (exact) mass is 340 g/mol. The average Bonchev–Trinajstić information content (AvgIpc) is 2.59. The zero-order valence-corrected chi connectivity index (χ0v) is 14.8. The van der Waals surface area contributed by atoms with Crippen LogP contribution in [0.5, 0.6) is 0 Å². The van der Waals surface area contributed by atoms with Crippen LogP contribution in [0, 0.1) is 6.92 Å². The molecule has 0 fully saturated rings. The molecule has 1 atom stereocenters. The topological polar surface area (TPSA) is 49.4 Å². The molecule has 0 saturated heterocycles. The van der Waals surface area contributed by atoms with E-state index >= 15 is 0 Å². The van der Waals surface area contributed by atoms with Gasteiger partial charge in [-0.25, -0.2) is 0 Å². The number of aryl methyl sites for hydroxylation is 1. The molecule has 3 rings (SSSR count). The molecule has 4 nitrogen and oxygen atoms in total. The zero-order valence-electron chi connectivity index (χ0n) is 14.0. The number of nitrogens with one attached hydrogen (secondary N) is 1. The molecule has 2 aromatic carbocycles. The van der Waals surface area contributed by atoms with Crippen LogP contribution in [0.4, 0.5) is 5.69 Å². The maximum Gasteiger partial charge on any atom is 0.252 e. The number of benzene rings is 2. The Morgan fingerprint density at radius 3 is 2.54 bits per heavy atom. The highest BCUT2D eigenvalue weighted by Crippen LogP contribution is 2.44. The normalized spacial score (nSPS) is 19.8. The molecule has 5 heteroatoms. The van der Waals surface area contributed by atoms with Crippen molar-refractivity contribution in [3.63, 3.8) is 0 Å². The van der Waals surface area contributed by atoms with Crippen molar-refractivity contribution >= 4 is 29.3 Å². The summed E-state index contributed by atoms with van der Waals surface area (Å²) in [5, 5.41) is 2.90. The molecule has 1 aliphatic heterocycles. The number of fused-ring (bicyclic) bond motifs is 1. The van der Waals surface area contributed by atoms with Gasteiger partial charge < -0.3 is 10.2 Å². The van der Waals surface area contributed by atoms with Gasteiger partial charge in [-0.05, 0) is 31.5 Å². The highest BCUT2D eigenvalue weighted by atomic mass is 32.2. The highest BCUT2D eigenvalue weighted by molar-refractivity contribution is 8.02. The third kappa shape index (κ3) is 2.91. The number of thioether (sulfide) groups is 1. The summed E-state index contributed by atoms with van der Waals surface area (Å²) in [6, 6.07) is 15.6. The summed E-state index contributed by atoms with van der Waals surface area (Å²) >= 11 is 1.31. The fraction of sp³-hybridized carbons (Fsp3) is 0.263. The summed E-state index contributed by atoms with van der Waals surface area (Å²) in [6.07, 6.45) is 0. The number of amides is 2. The minimum Gasteiger partial charge on any atom is -0.350 e. The smallest absolute Gasteiger partial charge is 0.252 e. The van der Waals surface area contributed by atoms with E-state index in [1.165, 1.54) is 17.3 Å². The van der Waals surface area contributed by atoms with Crippen molar-refractivity contribution in [1.82, 2.24) is 5.32 Å². The van der Waals surface area contributed by atoms with Crippen molar-refractivity contribution in [2.75, 3.05) is 11.9 Å². The van der Waals surface area contributed by atoms with Crippen LogP contribution < -0.4 is 10.2 Å². The second kappa shape index (κ2) is 6.32. The lowest BCUT2D eigenvalue weighted by atomic mass is 10.1. The SMILES string of the molecule is Cc1ccc(CNC(=O)C2(C)Sc3ccccc3N(C)C2=O)cc1. The number of anilines is 1. The van der Waals surface area contributed by atoms with Crippen LogP contribution in [-0.4, -0.2) is 23.6 Å². The molecular weight excluding hydrogens is 320 g/mol. The Bertz CT molecular complexity index is 788. The number of para-hydroxylation sites is 1. The van der Waals surface area contributed by atoms with Crippen LogP contribution in [0.15, 0.2) is 53.4 Å². The van der Waals surface area contributed by atoms with Crippen LogP contribution in [0.2, 0.25) is 0 Å². The van der Waals surface area contributed by atoms with Gasteiger partial charge in [0.15, 0.2) is 4.75 Å². The van der Waals surface area contributed by atoms with E-state index in [0.29, 0.717) is 6.54 Å².